The quantitative estimate of drug-likeness (QED) is 0.0461. The number of benzene rings is 1. The van der Waals surface area contributed by atoms with Crippen LogP contribution in [0.15, 0.2) is 54.9 Å². The second-order valence-electron chi connectivity index (χ2n) is 20.0. The van der Waals surface area contributed by atoms with Gasteiger partial charge in [0.2, 0.25) is 47.3 Å². The Hall–Kier alpha value is -6.15. The molecule has 24 heteroatoms. The number of nitrogens with zero attached hydrogens (tertiary/aromatic N) is 1. The van der Waals surface area contributed by atoms with E-state index in [1.807, 2.05) is 13.8 Å². The van der Waals surface area contributed by atoms with Crippen LogP contribution in [0.5, 0.6) is 0 Å². The molecule has 77 heavy (non-hydrogen) atoms. The highest BCUT2D eigenvalue weighted by Gasteiger charge is 2.35. The van der Waals surface area contributed by atoms with Crippen LogP contribution in [0.3, 0.4) is 0 Å². The number of pyridine rings is 1. The van der Waals surface area contributed by atoms with E-state index in [-0.39, 0.29) is 96.4 Å². The van der Waals surface area contributed by atoms with E-state index in [9.17, 15) is 48.6 Å². The van der Waals surface area contributed by atoms with Crippen molar-refractivity contribution in [2.24, 2.45) is 28.9 Å². The van der Waals surface area contributed by atoms with Crippen molar-refractivity contribution in [1.29, 1.82) is 0 Å². The lowest BCUT2D eigenvalue weighted by atomic mass is 10.00. The van der Waals surface area contributed by atoms with Gasteiger partial charge in [0.1, 0.15) is 48.5 Å². The minimum atomic E-state index is -1.53. The number of nitrogens with two attached hydrogens (primary N) is 4. The summed E-state index contributed by atoms with van der Waals surface area (Å²) < 4.78 is 0. The van der Waals surface area contributed by atoms with Gasteiger partial charge in [0.15, 0.2) is 0 Å². The van der Waals surface area contributed by atoms with Crippen LogP contribution >= 0.6 is 0 Å². The third kappa shape index (κ3) is 24.4. The summed E-state index contributed by atoms with van der Waals surface area (Å²) in [6.45, 7) is 5.29. The molecule has 1 fully saturated rings. The van der Waals surface area contributed by atoms with Crippen molar-refractivity contribution in [3.05, 3.63) is 66.0 Å². The molecule has 2 aromatic rings. The lowest BCUT2D eigenvalue weighted by Gasteiger charge is -2.29. The Labute approximate surface area is 452 Å². The average molecular weight is 1080 g/mol. The van der Waals surface area contributed by atoms with Crippen LogP contribution in [0.25, 0.3) is 0 Å². The molecule has 1 aromatic heterocycles. The number of unbranched alkanes of at least 4 members (excludes halogenated alkanes) is 4. The van der Waals surface area contributed by atoms with Crippen LogP contribution in [0.4, 0.5) is 0 Å². The largest absolute Gasteiger partial charge is 0.393 e. The Balaban J connectivity index is 2.11. The maximum atomic E-state index is 14.5. The number of hydrogen-bond acceptors (Lipinski definition) is 16. The van der Waals surface area contributed by atoms with E-state index in [2.05, 4.69) is 59.8 Å². The number of rotatable bonds is 25. The molecule has 24 nitrogen and oxygen atoms in total. The summed E-state index contributed by atoms with van der Waals surface area (Å²) in [7, 11) is 0. The zero-order valence-electron chi connectivity index (χ0n) is 45.1. The second-order valence-corrected chi connectivity index (χ2v) is 20.0. The summed E-state index contributed by atoms with van der Waals surface area (Å²) in [5.41, 5.74) is 25.0. The Morgan fingerprint density at radius 1 is 0.649 bits per heavy atom. The van der Waals surface area contributed by atoms with Crippen molar-refractivity contribution in [2.75, 3.05) is 32.7 Å². The predicted octanol–water partition coefficient (Wildman–Crippen LogP) is -2.39. The first-order valence-corrected chi connectivity index (χ1v) is 27.2. The van der Waals surface area contributed by atoms with Gasteiger partial charge < -0.3 is 75.7 Å². The molecular formula is C53H88N14O10. The van der Waals surface area contributed by atoms with E-state index >= 15 is 0 Å². The molecule has 8 amide bonds. The normalized spacial score (nSPS) is 23.5. The third-order valence-corrected chi connectivity index (χ3v) is 13.0. The highest BCUT2D eigenvalue weighted by atomic mass is 16.3. The number of aliphatic hydroxyl groups is 2. The first-order valence-electron chi connectivity index (χ1n) is 27.2. The molecular weight excluding hydrogens is 993 g/mol. The second kappa shape index (κ2) is 36.0. The maximum absolute atomic E-state index is 14.5. The van der Waals surface area contributed by atoms with Crippen molar-refractivity contribution < 1.29 is 48.6 Å². The Morgan fingerprint density at radius 2 is 1.17 bits per heavy atom. The predicted molar refractivity (Wildman–Crippen MR) is 290 cm³/mol. The number of hydrogen-bond donors (Lipinski definition) is 15. The van der Waals surface area contributed by atoms with Gasteiger partial charge in [-0.1, -0.05) is 83.2 Å². The Kier molecular flexibility index (Phi) is 30.5. The van der Waals surface area contributed by atoms with Gasteiger partial charge in [0.25, 0.3) is 0 Å². The van der Waals surface area contributed by atoms with Crippen molar-refractivity contribution in [2.45, 2.75) is 178 Å². The Bertz CT molecular complexity index is 2130. The Morgan fingerprint density at radius 3 is 1.74 bits per heavy atom. The highest BCUT2D eigenvalue weighted by Crippen LogP contribution is 2.13. The van der Waals surface area contributed by atoms with Crippen molar-refractivity contribution in [3.63, 3.8) is 0 Å². The van der Waals surface area contributed by atoms with Gasteiger partial charge in [-0.3, -0.25) is 48.7 Å². The molecule has 19 N–H and O–H groups in total. The van der Waals surface area contributed by atoms with Crippen LogP contribution in [0, 0.1) is 5.92 Å². The number of carbonyl (C=O) groups excluding carboxylic acids is 8. The molecule has 1 unspecified atom stereocenters. The highest BCUT2D eigenvalue weighted by molar-refractivity contribution is 5.97. The standard InChI is InChI=1S/C53H88N14O10/c1-4-5-6-7-11-14-36(68)32-45(69)60-37(15-22-54)47(71)64-41-21-28-59-46(70)43(31-35-19-26-58-27-20-35)66-49(73)39(17-24-56)61-48(72)38(16-23-55)63-52(76)42(29-33(2)3)65-53(77)44(30-34-12-9-8-10-13-34)67-50(74)40(18-25-57)62-51(41)75/h8-10,12-13,19-20,26-27,33,36-44,46,59,68,70H,4-7,11,14-18,21-25,28-32,54-57H2,1-3H3,(H,60,69)(H,61,72)(H,62,75)(H,63,76)(H,64,71)(H,65,77)(H,66,73)(H,67,74)/t36-,37-,38+,39+,40+,41+,42+,43+,44-,46?/m1/s1. The van der Waals surface area contributed by atoms with Crippen molar-refractivity contribution >= 4 is 47.3 Å². The van der Waals surface area contributed by atoms with Crippen LogP contribution in [-0.2, 0) is 51.2 Å². The summed E-state index contributed by atoms with van der Waals surface area (Å²) in [4.78, 5) is 117. The number of nitrogens with one attached hydrogen (secondary N) is 9. The van der Waals surface area contributed by atoms with Gasteiger partial charge in [-0.2, -0.15) is 0 Å². The molecule has 0 radical (unpaired) electrons. The fraction of sp³-hybridized carbons (Fsp3) is 0.642. The molecule has 3 rings (SSSR count). The summed E-state index contributed by atoms with van der Waals surface area (Å²) in [5, 5.41) is 47.0. The first-order chi connectivity index (χ1) is 36.9. The zero-order chi connectivity index (χ0) is 56.7. The molecule has 1 saturated heterocycles. The molecule has 0 aliphatic carbocycles. The smallest absolute Gasteiger partial charge is 0.243 e. The van der Waals surface area contributed by atoms with Crippen LogP contribution < -0.4 is 70.8 Å². The van der Waals surface area contributed by atoms with E-state index in [1.54, 1.807) is 42.5 Å². The summed E-state index contributed by atoms with van der Waals surface area (Å²) >= 11 is 0. The summed E-state index contributed by atoms with van der Waals surface area (Å²) in [5.74, 6) is -6.26. The molecule has 1 aliphatic heterocycles. The van der Waals surface area contributed by atoms with Crippen LogP contribution in [0.1, 0.15) is 115 Å². The first kappa shape index (κ1) is 65.1. The van der Waals surface area contributed by atoms with Crippen LogP contribution in [0.2, 0.25) is 0 Å². The van der Waals surface area contributed by atoms with Gasteiger partial charge in [-0.15, -0.1) is 0 Å². The molecule has 10 atom stereocenters. The number of carbonyl (C=O) groups is 8. The monoisotopic (exact) mass is 1080 g/mol. The molecule has 0 spiro atoms. The minimum Gasteiger partial charge on any atom is -0.393 e. The summed E-state index contributed by atoms with van der Waals surface area (Å²) in [6.07, 6.45) is 5.00. The maximum Gasteiger partial charge on any atom is 0.243 e. The van der Waals surface area contributed by atoms with Gasteiger partial charge in [-0.25, -0.2) is 0 Å². The number of amides is 8. The van der Waals surface area contributed by atoms with E-state index in [0.717, 1.165) is 32.1 Å². The topological polar surface area (TPSA) is 402 Å². The van der Waals surface area contributed by atoms with Gasteiger partial charge in [-0.05, 0) is 107 Å². The van der Waals surface area contributed by atoms with E-state index < -0.39 is 108 Å². The van der Waals surface area contributed by atoms with E-state index in [1.165, 1.54) is 12.4 Å². The van der Waals surface area contributed by atoms with Crippen molar-refractivity contribution in [1.82, 2.24) is 52.8 Å². The number of aliphatic hydroxyl groups excluding tert-OH is 2. The lowest BCUT2D eigenvalue weighted by molar-refractivity contribution is -0.136. The van der Waals surface area contributed by atoms with Gasteiger partial charge in [0.05, 0.1) is 18.6 Å². The zero-order valence-corrected chi connectivity index (χ0v) is 45.1. The van der Waals surface area contributed by atoms with E-state index in [4.69, 9.17) is 22.9 Å². The molecule has 1 aliphatic rings. The lowest BCUT2D eigenvalue weighted by Crippen LogP contribution is -2.61. The molecule has 1 aromatic carbocycles. The molecule has 2 heterocycles. The minimum absolute atomic E-state index is 0.0380. The third-order valence-electron chi connectivity index (χ3n) is 13.0. The molecule has 0 saturated carbocycles. The fourth-order valence-electron chi connectivity index (χ4n) is 8.77. The van der Waals surface area contributed by atoms with Gasteiger partial charge in [0, 0.05) is 25.4 Å². The number of aromatic nitrogens is 1. The van der Waals surface area contributed by atoms with Crippen LogP contribution in [-0.4, -0.2) is 156 Å². The average Bonchev–Trinajstić information content (AvgIpc) is 3.39. The van der Waals surface area contributed by atoms with Crippen molar-refractivity contribution in [3.8, 4) is 0 Å². The SMILES string of the molecule is CCCCCCC[C@@H](O)CC(=O)N[C@H](CCN)C(=O)N[C@H]1CCNC(O)[C@H](Cc2ccncc2)NC(=O)[C@H](CCN)NC(=O)[C@H](CCN)NC(=O)[C@H](CC(C)C)NC(=O)[C@@H](Cc2ccccc2)NC(=O)[C@H](CCN)NC1=O. The summed E-state index contributed by atoms with van der Waals surface area (Å²) in [6, 6.07) is 1.83. The fourth-order valence-corrected chi connectivity index (χ4v) is 8.77. The van der Waals surface area contributed by atoms with Gasteiger partial charge >= 0.3 is 0 Å². The molecule has 0 bridgehead atoms. The molecule has 430 valence electrons. The van der Waals surface area contributed by atoms with E-state index in [0.29, 0.717) is 17.5 Å².